The summed E-state index contributed by atoms with van der Waals surface area (Å²) < 4.78 is 0. The van der Waals surface area contributed by atoms with Crippen LogP contribution in [0.4, 0.5) is 0 Å². The van der Waals surface area contributed by atoms with E-state index < -0.39 is 12.1 Å². The van der Waals surface area contributed by atoms with Crippen LogP contribution in [-0.4, -0.2) is 27.4 Å². The highest BCUT2D eigenvalue weighted by atomic mass is 16.4. The second-order valence-corrected chi connectivity index (χ2v) is 2.24. The normalized spacial score (nSPS) is 14.5. The molecule has 1 atom stereocenters. The van der Waals surface area contributed by atoms with E-state index in [1.807, 2.05) is 0 Å². The molecule has 4 nitrogen and oxygen atoms in total. The molecule has 0 aromatic rings. The molecule has 0 amide bonds. The molecule has 0 aromatic heterocycles. The van der Waals surface area contributed by atoms with Gasteiger partial charge in [-0.2, -0.15) is 0 Å². The van der Waals surface area contributed by atoms with Crippen molar-refractivity contribution in [2.75, 3.05) is 0 Å². The van der Waals surface area contributed by atoms with Crippen LogP contribution < -0.4 is 0 Å². The van der Waals surface area contributed by atoms with Crippen LogP contribution >= 0.6 is 0 Å². The van der Waals surface area contributed by atoms with Crippen LogP contribution in [0.2, 0.25) is 0 Å². The molecule has 0 spiro atoms. The van der Waals surface area contributed by atoms with Crippen LogP contribution in [0.25, 0.3) is 0 Å². The van der Waals surface area contributed by atoms with Crippen LogP contribution in [0.15, 0.2) is 11.8 Å². The van der Waals surface area contributed by atoms with Gasteiger partial charge in [-0.05, 0) is 6.42 Å². The summed E-state index contributed by atoms with van der Waals surface area (Å²) in [4.78, 5) is 9.96. The van der Waals surface area contributed by atoms with Crippen LogP contribution in [0.5, 0.6) is 0 Å². The predicted octanol–water partition coefficient (Wildman–Crippen LogP) is 0.674. The Bertz CT molecular complexity index is 162. The van der Waals surface area contributed by atoms with E-state index in [1.165, 1.54) is 0 Å². The molecule has 0 radical (unpaired) electrons. The van der Waals surface area contributed by atoms with Gasteiger partial charge in [-0.15, -0.1) is 0 Å². The summed E-state index contributed by atoms with van der Waals surface area (Å²) in [5, 5.41) is 25.9. The van der Waals surface area contributed by atoms with Gasteiger partial charge in [-0.1, -0.05) is 6.92 Å². The van der Waals surface area contributed by atoms with Crippen molar-refractivity contribution in [3.8, 4) is 0 Å². The summed E-state index contributed by atoms with van der Waals surface area (Å²) in [6.45, 7) is 1.75. The van der Waals surface area contributed by atoms with Crippen LogP contribution in [0.1, 0.15) is 19.8 Å². The van der Waals surface area contributed by atoms with Crippen molar-refractivity contribution in [2.45, 2.75) is 25.9 Å². The minimum Gasteiger partial charge on any atom is -0.512 e. The van der Waals surface area contributed by atoms with Gasteiger partial charge in [0.1, 0.15) is 5.76 Å². The van der Waals surface area contributed by atoms with Gasteiger partial charge in [0.2, 0.25) is 0 Å². The van der Waals surface area contributed by atoms with Gasteiger partial charge in [-0.25, -0.2) is 4.79 Å². The van der Waals surface area contributed by atoms with E-state index in [2.05, 4.69) is 0 Å². The first kappa shape index (κ1) is 9.97. The molecule has 0 saturated carbocycles. The van der Waals surface area contributed by atoms with E-state index in [9.17, 15) is 4.79 Å². The molecule has 0 aliphatic carbocycles. The standard InChI is InChI=1S/C7H12O4/c1-2-5(8)3-6(9)4-7(10)11/h4-5,8-9H,2-3H2,1H3,(H,10,11)/b6-4-. The third-order valence-electron chi connectivity index (χ3n) is 1.21. The summed E-state index contributed by atoms with van der Waals surface area (Å²) in [6, 6.07) is 0. The third-order valence-corrected chi connectivity index (χ3v) is 1.21. The molecular weight excluding hydrogens is 148 g/mol. The molecule has 0 aliphatic rings. The fourth-order valence-electron chi connectivity index (χ4n) is 0.587. The molecule has 0 bridgehead atoms. The molecule has 0 aliphatic heterocycles. The Morgan fingerprint density at radius 2 is 2.09 bits per heavy atom. The number of rotatable bonds is 4. The van der Waals surface area contributed by atoms with E-state index in [0.29, 0.717) is 12.5 Å². The number of carboxylic acids is 1. The van der Waals surface area contributed by atoms with E-state index >= 15 is 0 Å². The number of aliphatic hydroxyl groups is 2. The lowest BCUT2D eigenvalue weighted by atomic mass is 10.2. The second-order valence-electron chi connectivity index (χ2n) is 2.24. The fraction of sp³-hybridized carbons (Fsp3) is 0.571. The zero-order valence-corrected chi connectivity index (χ0v) is 6.32. The van der Waals surface area contributed by atoms with E-state index in [-0.39, 0.29) is 12.2 Å². The number of carbonyl (C=O) groups is 1. The first-order valence-electron chi connectivity index (χ1n) is 3.36. The molecule has 64 valence electrons. The zero-order chi connectivity index (χ0) is 8.85. The molecule has 1 unspecified atom stereocenters. The van der Waals surface area contributed by atoms with Crippen molar-refractivity contribution in [1.29, 1.82) is 0 Å². The van der Waals surface area contributed by atoms with E-state index in [4.69, 9.17) is 15.3 Å². The summed E-state index contributed by atoms with van der Waals surface area (Å²) >= 11 is 0. The Morgan fingerprint density at radius 3 is 2.45 bits per heavy atom. The molecule has 0 rings (SSSR count). The van der Waals surface area contributed by atoms with Gasteiger partial charge >= 0.3 is 5.97 Å². The summed E-state index contributed by atoms with van der Waals surface area (Å²) in [5.41, 5.74) is 0. The maximum Gasteiger partial charge on any atom is 0.331 e. The Labute approximate surface area is 64.8 Å². The highest BCUT2D eigenvalue weighted by Gasteiger charge is 2.04. The average molecular weight is 160 g/mol. The zero-order valence-electron chi connectivity index (χ0n) is 6.32. The first-order chi connectivity index (χ1) is 5.06. The molecule has 0 aromatic carbocycles. The molecular formula is C7H12O4. The highest BCUT2D eigenvalue weighted by molar-refractivity contribution is 5.80. The lowest BCUT2D eigenvalue weighted by Crippen LogP contribution is -2.06. The van der Waals surface area contributed by atoms with Crippen molar-refractivity contribution in [2.24, 2.45) is 0 Å². The van der Waals surface area contributed by atoms with Crippen molar-refractivity contribution in [1.82, 2.24) is 0 Å². The van der Waals surface area contributed by atoms with Crippen molar-refractivity contribution < 1.29 is 20.1 Å². The van der Waals surface area contributed by atoms with Gasteiger partial charge in [0, 0.05) is 6.42 Å². The van der Waals surface area contributed by atoms with Gasteiger partial charge in [0.25, 0.3) is 0 Å². The van der Waals surface area contributed by atoms with Gasteiger partial charge < -0.3 is 15.3 Å². The fourth-order valence-corrected chi connectivity index (χ4v) is 0.587. The topological polar surface area (TPSA) is 77.8 Å². The summed E-state index contributed by atoms with van der Waals surface area (Å²) in [5.74, 6) is -1.50. The molecule has 11 heavy (non-hydrogen) atoms. The molecule has 0 saturated heterocycles. The molecule has 0 heterocycles. The monoisotopic (exact) mass is 160 g/mol. The second kappa shape index (κ2) is 4.73. The van der Waals surface area contributed by atoms with E-state index in [0.717, 1.165) is 0 Å². The first-order valence-corrected chi connectivity index (χ1v) is 3.36. The molecule has 0 fully saturated rings. The molecule has 3 N–H and O–H groups in total. The molecule has 4 heteroatoms. The smallest absolute Gasteiger partial charge is 0.331 e. The Balaban J connectivity index is 3.85. The van der Waals surface area contributed by atoms with Gasteiger partial charge in [0.05, 0.1) is 12.2 Å². The average Bonchev–Trinajstić information content (AvgIpc) is 1.85. The maximum atomic E-state index is 9.96. The van der Waals surface area contributed by atoms with Gasteiger partial charge in [0.15, 0.2) is 0 Å². The summed E-state index contributed by atoms with van der Waals surface area (Å²) in [7, 11) is 0. The minimum absolute atomic E-state index is 0.00278. The lowest BCUT2D eigenvalue weighted by molar-refractivity contribution is -0.131. The summed E-state index contributed by atoms with van der Waals surface area (Å²) in [6.07, 6.45) is 0.518. The van der Waals surface area contributed by atoms with Crippen molar-refractivity contribution in [3.05, 3.63) is 11.8 Å². The Morgan fingerprint density at radius 1 is 1.55 bits per heavy atom. The van der Waals surface area contributed by atoms with E-state index in [1.54, 1.807) is 6.92 Å². The van der Waals surface area contributed by atoms with Gasteiger partial charge in [-0.3, -0.25) is 0 Å². The lowest BCUT2D eigenvalue weighted by Gasteiger charge is -2.04. The Hall–Kier alpha value is -1.03. The van der Waals surface area contributed by atoms with Crippen LogP contribution in [-0.2, 0) is 4.79 Å². The number of hydrogen-bond acceptors (Lipinski definition) is 3. The Kier molecular flexibility index (Phi) is 4.29. The van der Waals surface area contributed by atoms with Crippen molar-refractivity contribution >= 4 is 5.97 Å². The number of carboxylic acid groups (broad SMARTS) is 1. The third kappa shape index (κ3) is 5.42. The van der Waals surface area contributed by atoms with Crippen LogP contribution in [0.3, 0.4) is 0 Å². The predicted molar refractivity (Wildman–Crippen MR) is 39.3 cm³/mol. The number of aliphatic carboxylic acids is 1. The number of aliphatic hydroxyl groups excluding tert-OH is 2. The highest BCUT2D eigenvalue weighted by Crippen LogP contribution is 2.04. The SMILES string of the molecule is CCC(O)C/C(O)=C/C(=O)O. The maximum absolute atomic E-state index is 9.96. The van der Waals surface area contributed by atoms with Crippen molar-refractivity contribution in [3.63, 3.8) is 0 Å². The minimum atomic E-state index is -1.20. The van der Waals surface area contributed by atoms with Crippen LogP contribution in [0, 0.1) is 0 Å². The quantitative estimate of drug-likeness (QED) is 0.417. The number of hydrogen-bond donors (Lipinski definition) is 3. The largest absolute Gasteiger partial charge is 0.512 e.